The third-order valence-corrected chi connectivity index (χ3v) is 4.88. The first-order valence-electron chi connectivity index (χ1n) is 7.87. The molecule has 0 atom stereocenters. The molecule has 0 saturated heterocycles. The van der Waals surface area contributed by atoms with Crippen LogP contribution in [0.3, 0.4) is 0 Å². The minimum Gasteiger partial charge on any atom is -0.484 e. The van der Waals surface area contributed by atoms with E-state index >= 15 is 0 Å². The summed E-state index contributed by atoms with van der Waals surface area (Å²) in [6.45, 7) is 2.05. The van der Waals surface area contributed by atoms with E-state index in [1.165, 1.54) is 16.9 Å². The van der Waals surface area contributed by atoms with Gasteiger partial charge in [-0.3, -0.25) is 10.1 Å². The van der Waals surface area contributed by atoms with Gasteiger partial charge in [-0.1, -0.05) is 47.1 Å². The molecule has 2 aromatic carbocycles. The molecule has 0 unspecified atom stereocenters. The number of halogens is 1. The zero-order valence-corrected chi connectivity index (χ0v) is 16.1. The highest BCUT2D eigenvalue weighted by atomic mass is 79.9. The lowest BCUT2D eigenvalue weighted by atomic mass is 10.2. The van der Waals surface area contributed by atoms with Gasteiger partial charge >= 0.3 is 0 Å². The molecule has 3 rings (SSSR count). The topological polar surface area (TPSA) is 51.2 Å². The second kappa shape index (κ2) is 8.27. The van der Waals surface area contributed by atoms with Gasteiger partial charge in [-0.05, 0) is 36.2 Å². The molecule has 1 aromatic heterocycles. The molecule has 0 saturated carbocycles. The summed E-state index contributed by atoms with van der Waals surface area (Å²) in [6.07, 6.45) is 0.978. The Labute approximate surface area is 159 Å². The molecule has 0 radical (unpaired) electrons. The number of hydrogen-bond acceptors (Lipinski definition) is 4. The van der Waals surface area contributed by atoms with Crippen LogP contribution in [0.2, 0.25) is 0 Å². The minimum absolute atomic E-state index is 0.0430. The third kappa shape index (κ3) is 4.90. The Morgan fingerprint density at radius 1 is 1.16 bits per heavy atom. The molecule has 1 N–H and O–H groups in total. The first-order chi connectivity index (χ1) is 12.1. The molecular formula is C19H17BrN2O2S. The van der Waals surface area contributed by atoms with E-state index in [0.29, 0.717) is 10.9 Å². The van der Waals surface area contributed by atoms with Crippen molar-refractivity contribution in [3.8, 4) is 17.0 Å². The maximum Gasteiger partial charge on any atom is 0.264 e. The summed E-state index contributed by atoms with van der Waals surface area (Å²) in [5.41, 5.74) is 3.08. The highest BCUT2D eigenvalue weighted by Gasteiger charge is 2.09. The van der Waals surface area contributed by atoms with Crippen molar-refractivity contribution >= 4 is 38.3 Å². The first kappa shape index (κ1) is 17.6. The summed E-state index contributed by atoms with van der Waals surface area (Å²) >= 11 is 4.80. The van der Waals surface area contributed by atoms with Gasteiger partial charge in [0.25, 0.3) is 5.91 Å². The molecule has 3 aromatic rings. The molecule has 4 nitrogen and oxygen atoms in total. The number of hydrogen-bond donors (Lipinski definition) is 1. The summed E-state index contributed by atoms with van der Waals surface area (Å²) in [5, 5.41) is 5.25. The summed E-state index contributed by atoms with van der Waals surface area (Å²) < 4.78 is 6.52. The van der Waals surface area contributed by atoms with Crippen LogP contribution in [0.25, 0.3) is 11.3 Å². The number of anilines is 1. The number of carbonyl (C=O) groups excluding carboxylic acids is 1. The van der Waals surface area contributed by atoms with Crippen molar-refractivity contribution in [1.29, 1.82) is 0 Å². The van der Waals surface area contributed by atoms with E-state index in [0.717, 1.165) is 22.2 Å². The lowest BCUT2D eigenvalue weighted by Gasteiger charge is -2.06. The van der Waals surface area contributed by atoms with E-state index in [1.54, 1.807) is 0 Å². The molecule has 128 valence electrons. The van der Waals surface area contributed by atoms with Crippen LogP contribution >= 0.6 is 27.3 Å². The van der Waals surface area contributed by atoms with Gasteiger partial charge in [0.1, 0.15) is 5.75 Å². The van der Waals surface area contributed by atoms with Gasteiger partial charge in [0.2, 0.25) is 0 Å². The maximum absolute atomic E-state index is 12.0. The van der Waals surface area contributed by atoms with Gasteiger partial charge in [0.15, 0.2) is 11.7 Å². The molecule has 0 aliphatic rings. The molecule has 6 heteroatoms. The number of benzene rings is 2. The monoisotopic (exact) mass is 416 g/mol. The largest absolute Gasteiger partial charge is 0.484 e. The van der Waals surface area contributed by atoms with Gasteiger partial charge in [-0.2, -0.15) is 0 Å². The molecule has 0 bridgehead atoms. The molecule has 0 aliphatic carbocycles. The molecule has 0 spiro atoms. The fourth-order valence-electron chi connectivity index (χ4n) is 2.21. The Bertz CT molecular complexity index is 845. The molecular weight excluding hydrogens is 400 g/mol. The highest BCUT2D eigenvalue weighted by molar-refractivity contribution is 9.10. The van der Waals surface area contributed by atoms with Crippen molar-refractivity contribution in [1.82, 2.24) is 4.98 Å². The van der Waals surface area contributed by atoms with E-state index < -0.39 is 0 Å². The SMILES string of the molecule is CCc1ccc(OCC(=O)Nc2nc(-c3ccc(Br)cc3)cs2)cc1. The van der Waals surface area contributed by atoms with E-state index in [9.17, 15) is 4.79 Å². The first-order valence-corrected chi connectivity index (χ1v) is 9.54. The van der Waals surface area contributed by atoms with Crippen molar-refractivity contribution in [2.75, 3.05) is 11.9 Å². The summed E-state index contributed by atoms with van der Waals surface area (Å²) in [4.78, 5) is 16.5. The maximum atomic E-state index is 12.0. The van der Waals surface area contributed by atoms with E-state index in [2.05, 4.69) is 33.2 Å². The van der Waals surface area contributed by atoms with Crippen LogP contribution in [0.1, 0.15) is 12.5 Å². The van der Waals surface area contributed by atoms with Crippen molar-refractivity contribution in [3.05, 3.63) is 63.9 Å². The van der Waals surface area contributed by atoms with Crippen LogP contribution in [-0.2, 0) is 11.2 Å². The molecule has 0 fully saturated rings. The van der Waals surface area contributed by atoms with E-state index in [-0.39, 0.29) is 12.5 Å². The number of thiazole rings is 1. The van der Waals surface area contributed by atoms with Crippen molar-refractivity contribution in [2.45, 2.75) is 13.3 Å². The smallest absolute Gasteiger partial charge is 0.264 e. The Hall–Kier alpha value is -2.18. The number of amides is 1. The third-order valence-electron chi connectivity index (χ3n) is 3.59. The van der Waals surface area contributed by atoms with Gasteiger partial charge in [0, 0.05) is 15.4 Å². The fourth-order valence-corrected chi connectivity index (χ4v) is 3.21. The average Bonchev–Trinajstić information content (AvgIpc) is 3.09. The van der Waals surface area contributed by atoms with E-state index in [4.69, 9.17) is 4.74 Å². The Balaban J connectivity index is 1.55. The number of nitrogens with one attached hydrogen (secondary N) is 1. The molecule has 0 aliphatic heterocycles. The quantitative estimate of drug-likeness (QED) is 0.603. The lowest BCUT2D eigenvalue weighted by Crippen LogP contribution is -2.20. The van der Waals surface area contributed by atoms with Crippen LogP contribution in [0.4, 0.5) is 5.13 Å². The van der Waals surface area contributed by atoms with Crippen molar-refractivity contribution < 1.29 is 9.53 Å². The van der Waals surface area contributed by atoms with Crippen LogP contribution in [0.5, 0.6) is 5.75 Å². The van der Waals surface area contributed by atoms with Crippen LogP contribution in [0, 0.1) is 0 Å². The van der Waals surface area contributed by atoms with Gasteiger partial charge in [-0.25, -0.2) is 4.98 Å². The van der Waals surface area contributed by atoms with Crippen LogP contribution in [-0.4, -0.2) is 17.5 Å². The van der Waals surface area contributed by atoms with Gasteiger partial charge in [0.05, 0.1) is 5.69 Å². The Morgan fingerprint density at radius 2 is 1.88 bits per heavy atom. The second-order valence-electron chi connectivity index (χ2n) is 5.38. The van der Waals surface area contributed by atoms with Crippen LogP contribution in [0.15, 0.2) is 58.4 Å². The van der Waals surface area contributed by atoms with Crippen LogP contribution < -0.4 is 10.1 Å². The molecule has 25 heavy (non-hydrogen) atoms. The zero-order chi connectivity index (χ0) is 17.6. The summed E-state index contributed by atoms with van der Waals surface area (Å²) in [5.74, 6) is 0.457. The average molecular weight is 417 g/mol. The Morgan fingerprint density at radius 3 is 2.56 bits per heavy atom. The Kier molecular flexibility index (Phi) is 5.83. The fraction of sp³-hybridized carbons (Fsp3) is 0.158. The minimum atomic E-state index is -0.226. The number of ether oxygens (including phenoxy) is 1. The molecule has 1 amide bonds. The highest BCUT2D eigenvalue weighted by Crippen LogP contribution is 2.26. The normalized spacial score (nSPS) is 10.5. The van der Waals surface area contributed by atoms with E-state index in [1.807, 2.05) is 53.9 Å². The number of aryl methyl sites for hydroxylation is 1. The summed E-state index contributed by atoms with van der Waals surface area (Å²) in [7, 11) is 0. The zero-order valence-electron chi connectivity index (χ0n) is 13.7. The standard InChI is InChI=1S/C19H17BrN2O2S/c1-2-13-3-9-16(10-4-13)24-11-18(23)22-19-21-17(12-25-19)14-5-7-15(20)8-6-14/h3-10,12H,2,11H2,1H3,(H,21,22,23). The number of carbonyl (C=O) groups is 1. The number of nitrogens with zero attached hydrogens (tertiary/aromatic N) is 1. The number of rotatable bonds is 6. The molecule has 1 heterocycles. The number of aromatic nitrogens is 1. The van der Waals surface area contributed by atoms with Gasteiger partial charge < -0.3 is 4.74 Å². The predicted octanol–water partition coefficient (Wildman–Crippen LogP) is 5.15. The van der Waals surface area contributed by atoms with Gasteiger partial charge in [-0.15, -0.1) is 11.3 Å². The van der Waals surface area contributed by atoms with Crippen molar-refractivity contribution in [3.63, 3.8) is 0 Å². The second-order valence-corrected chi connectivity index (χ2v) is 7.15. The predicted molar refractivity (Wildman–Crippen MR) is 105 cm³/mol. The van der Waals surface area contributed by atoms with Crippen molar-refractivity contribution in [2.24, 2.45) is 0 Å². The summed E-state index contributed by atoms with van der Waals surface area (Å²) in [6, 6.07) is 15.6. The lowest BCUT2D eigenvalue weighted by molar-refractivity contribution is -0.118.